The smallest absolute Gasteiger partial charge is 0.289 e. The van der Waals surface area contributed by atoms with E-state index in [0.717, 1.165) is 22.9 Å². The Morgan fingerprint density at radius 3 is 2.62 bits per heavy atom. The summed E-state index contributed by atoms with van der Waals surface area (Å²) < 4.78 is 35.6. The van der Waals surface area contributed by atoms with Crippen molar-refractivity contribution in [1.82, 2.24) is 0 Å². The van der Waals surface area contributed by atoms with Crippen LogP contribution >= 0.6 is 11.8 Å². The summed E-state index contributed by atoms with van der Waals surface area (Å²) >= 11 is 0.980. The molecule has 0 radical (unpaired) electrons. The number of halogens is 3. The molecule has 1 rings (SSSR count). The van der Waals surface area contributed by atoms with Crippen molar-refractivity contribution in [3.05, 3.63) is 35.4 Å². The summed E-state index contributed by atoms with van der Waals surface area (Å²) in [6.45, 7) is 1.91. The Morgan fingerprint density at radius 1 is 1.38 bits per heavy atom. The highest BCUT2D eigenvalue weighted by molar-refractivity contribution is 7.99. The normalized spacial score (nSPS) is 11.5. The van der Waals surface area contributed by atoms with Crippen molar-refractivity contribution in [2.24, 2.45) is 0 Å². The molecule has 0 amide bonds. The van der Waals surface area contributed by atoms with Gasteiger partial charge in [0.2, 0.25) is 5.78 Å². The van der Waals surface area contributed by atoms with E-state index in [2.05, 4.69) is 0 Å². The lowest BCUT2D eigenvalue weighted by molar-refractivity contribution is -0.167. The lowest BCUT2D eigenvalue weighted by atomic mass is 10.2. The summed E-state index contributed by atoms with van der Waals surface area (Å²) in [6.07, 6.45) is -4.71. The van der Waals surface area contributed by atoms with Gasteiger partial charge >= 0.3 is 6.18 Å². The molecule has 0 aliphatic carbocycles. The second kappa shape index (κ2) is 5.39. The zero-order valence-corrected chi connectivity index (χ0v) is 9.49. The number of ketones is 1. The molecule has 0 aromatic heterocycles. The topological polar surface area (TPSA) is 17.1 Å². The van der Waals surface area contributed by atoms with Gasteiger partial charge in [0.25, 0.3) is 0 Å². The van der Waals surface area contributed by atoms with Gasteiger partial charge in [0.05, 0.1) is 5.75 Å². The van der Waals surface area contributed by atoms with E-state index in [1.54, 1.807) is 0 Å². The van der Waals surface area contributed by atoms with Crippen molar-refractivity contribution in [1.29, 1.82) is 0 Å². The van der Waals surface area contributed by atoms with Crippen molar-refractivity contribution in [3.63, 3.8) is 0 Å². The molecule has 0 unspecified atom stereocenters. The van der Waals surface area contributed by atoms with Gasteiger partial charge in [0.15, 0.2) is 0 Å². The number of hydrogen-bond donors (Lipinski definition) is 0. The molecule has 0 saturated heterocycles. The SMILES string of the molecule is Cc1cccc(CSCC(=O)C(F)(F)F)c1. The summed E-state index contributed by atoms with van der Waals surface area (Å²) in [5, 5.41) is 0. The standard InChI is InChI=1S/C11H11F3OS/c1-8-3-2-4-9(5-8)6-16-7-10(15)11(12,13)14/h2-5H,6-7H2,1H3. The molecule has 0 N–H and O–H groups in total. The number of hydrogen-bond acceptors (Lipinski definition) is 2. The fourth-order valence-electron chi connectivity index (χ4n) is 1.15. The molecule has 0 spiro atoms. The van der Waals surface area contributed by atoms with Gasteiger partial charge in [0, 0.05) is 5.75 Å². The van der Waals surface area contributed by atoms with E-state index in [4.69, 9.17) is 0 Å². The average Bonchev–Trinajstić information content (AvgIpc) is 2.16. The van der Waals surface area contributed by atoms with Crippen molar-refractivity contribution < 1.29 is 18.0 Å². The predicted molar refractivity (Wildman–Crippen MR) is 58.4 cm³/mol. The van der Waals surface area contributed by atoms with Crippen LogP contribution in [0.3, 0.4) is 0 Å². The molecule has 0 fully saturated rings. The molecule has 1 nitrogen and oxygen atoms in total. The van der Waals surface area contributed by atoms with Gasteiger partial charge in [-0.1, -0.05) is 29.8 Å². The summed E-state index contributed by atoms with van der Waals surface area (Å²) in [7, 11) is 0. The maximum absolute atomic E-state index is 11.9. The van der Waals surface area contributed by atoms with Crippen LogP contribution in [0.2, 0.25) is 0 Å². The Balaban J connectivity index is 2.39. The van der Waals surface area contributed by atoms with Crippen molar-refractivity contribution >= 4 is 17.5 Å². The molecule has 1 aromatic rings. The van der Waals surface area contributed by atoms with Crippen LogP contribution in [-0.4, -0.2) is 17.7 Å². The molecule has 0 saturated carbocycles. The second-order valence-electron chi connectivity index (χ2n) is 3.40. The molecule has 88 valence electrons. The first kappa shape index (κ1) is 13.1. The lowest BCUT2D eigenvalue weighted by Gasteiger charge is -2.05. The van der Waals surface area contributed by atoms with Crippen LogP contribution in [0.15, 0.2) is 24.3 Å². The van der Waals surface area contributed by atoms with Crippen molar-refractivity contribution in [3.8, 4) is 0 Å². The highest BCUT2D eigenvalue weighted by Gasteiger charge is 2.37. The summed E-state index contributed by atoms with van der Waals surface area (Å²) in [4.78, 5) is 10.6. The molecule has 0 aliphatic heterocycles. The Morgan fingerprint density at radius 2 is 2.06 bits per heavy atom. The molecule has 0 atom stereocenters. The van der Waals surface area contributed by atoms with E-state index in [0.29, 0.717) is 5.75 Å². The maximum atomic E-state index is 11.9. The van der Waals surface area contributed by atoms with Gasteiger partial charge in [-0.2, -0.15) is 13.2 Å². The van der Waals surface area contributed by atoms with Gasteiger partial charge in [-0.05, 0) is 12.5 Å². The van der Waals surface area contributed by atoms with E-state index in [-0.39, 0.29) is 0 Å². The zero-order valence-electron chi connectivity index (χ0n) is 8.67. The average molecular weight is 248 g/mol. The van der Waals surface area contributed by atoms with Crippen LogP contribution < -0.4 is 0 Å². The van der Waals surface area contributed by atoms with E-state index >= 15 is 0 Å². The molecule has 16 heavy (non-hydrogen) atoms. The van der Waals surface area contributed by atoms with Crippen LogP contribution in [0.5, 0.6) is 0 Å². The minimum absolute atomic E-state index is 0.420. The number of carbonyl (C=O) groups is 1. The first-order chi connectivity index (χ1) is 7.39. The third-order valence-electron chi connectivity index (χ3n) is 1.90. The molecule has 1 aromatic carbocycles. The number of alkyl halides is 3. The Kier molecular flexibility index (Phi) is 4.41. The number of Topliss-reactive ketones (excluding diaryl/α,β-unsaturated/α-hetero) is 1. The Hall–Kier alpha value is -0.970. The van der Waals surface area contributed by atoms with Gasteiger partial charge < -0.3 is 0 Å². The third-order valence-corrected chi connectivity index (χ3v) is 2.90. The van der Waals surface area contributed by atoms with Crippen LogP contribution in [0.1, 0.15) is 11.1 Å². The number of aryl methyl sites for hydroxylation is 1. The van der Waals surface area contributed by atoms with E-state index in [1.807, 2.05) is 31.2 Å². The van der Waals surface area contributed by atoms with Crippen molar-refractivity contribution in [2.45, 2.75) is 18.9 Å². The fraction of sp³-hybridized carbons (Fsp3) is 0.364. The highest BCUT2D eigenvalue weighted by Crippen LogP contribution is 2.20. The second-order valence-corrected chi connectivity index (χ2v) is 4.39. The summed E-state index contributed by atoms with van der Waals surface area (Å²) in [5.41, 5.74) is 1.99. The highest BCUT2D eigenvalue weighted by atomic mass is 32.2. The zero-order chi connectivity index (χ0) is 12.2. The van der Waals surface area contributed by atoms with E-state index in [1.165, 1.54) is 0 Å². The van der Waals surface area contributed by atoms with Gasteiger partial charge in [0.1, 0.15) is 0 Å². The third kappa shape index (κ3) is 4.26. The largest absolute Gasteiger partial charge is 0.450 e. The first-order valence-corrected chi connectivity index (χ1v) is 5.78. The molecular weight excluding hydrogens is 237 g/mol. The number of benzene rings is 1. The van der Waals surface area contributed by atoms with Gasteiger partial charge in [-0.3, -0.25) is 4.79 Å². The summed E-state index contributed by atoms with van der Waals surface area (Å²) in [6, 6.07) is 7.48. The predicted octanol–water partition coefficient (Wildman–Crippen LogP) is 3.36. The van der Waals surface area contributed by atoms with Crippen LogP contribution in [0, 0.1) is 6.92 Å². The first-order valence-electron chi connectivity index (χ1n) is 4.63. The quantitative estimate of drug-likeness (QED) is 0.812. The van der Waals surface area contributed by atoms with Crippen LogP contribution in [0.25, 0.3) is 0 Å². The Bertz CT molecular complexity index is 374. The summed E-state index contributed by atoms with van der Waals surface area (Å²) in [5.74, 6) is -1.77. The molecule has 5 heteroatoms. The number of carbonyl (C=O) groups excluding carboxylic acids is 1. The van der Waals surface area contributed by atoms with Crippen LogP contribution in [0.4, 0.5) is 13.2 Å². The molecular formula is C11H11F3OS. The number of thioether (sulfide) groups is 1. The van der Waals surface area contributed by atoms with Gasteiger partial charge in [-0.25, -0.2) is 0 Å². The minimum atomic E-state index is -4.71. The van der Waals surface area contributed by atoms with Crippen LogP contribution in [-0.2, 0) is 10.5 Å². The van der Waals surface area contributed by atoms with Gasteiger partial charge in [-0.15, -0.1) is 11.8 Å². The fourth-order valence-corrected chi connectivity index (χ4v) is 2.01. The maximum Gasteiger partial charge on any atom is 0.450 e. The van der Waals surface area contributed by atoms with E-state index < -0.39 is 17.7 Å². The lowest BCUT2D eigenvalue weighted by Crippen LogP contribution is -2.24. The number of rotatable bonds is 4. The Labute approximate surface area is 96.0 Å². The van der Waals surface area contributed by atoms with Crippen molar-refractivity contribution in [2.75, 3.05) is 5.75 Å². The monoisotopic (exact) mass is 248 g/mol. The molecule has 0 aliphatic rings. The molecule has 0 heterocycles. The van der Waals surface area contributed by atoms with E-state index in [9.17, 15) is 18.0 Å². The molecule has 0 bridgehead atoms. The minimum Gasteiger partial charge on any atom is -0.289 e.